The fourth-order valence-electron chi connectivity index (χ4n) is 2.55. The third-order valence-corrected chi connectivity index (χ3v) is 5.96. The SMILES string of the molecule is CC(C)(C)Cc1cnc(CSc2cnc(NC(=O)c3ccc(NC(N)=S)cc3)s2)o1. The average molecular weight is 462 g/mol. The van der Waals surface area contributed by atoms with Crippen molar-refractivity contribution < 1.29 is 9.21 Å². The second kappa shape index (κ2) is 9.59. The molecule has 0 spiro atoms. The number of oxazole rings is 1. The zero-order valence-electron chi connectivity index (χ0n) is 16.9. The fourth-order valence-corrected chi connectivity index (χ4v) is 4.39. The Labute approximate surface area is 188 Å². The number of carbonyl (C=O) groups is 1. The predicted molar refractivity (Wildman–Crippen MR) is 126 cm³/mol. The third kappa shape index (κ3) is 6.82. The number of thioether (sulfide) groups is 1. The highest BCUT2D eigenvalue weighted by Gasteiger charge is 2.15. The van der Waals surface area contributed by atoms with Crippen molar-refractivity contribution in [3.63, 3.8) is 0 Å². The molecule has 0 aliphatic heterocycles. The highest BCUT2D eigenvalue weighted by atomic mass is 32.2. The van der Waals surface area contributed by atoms with Crippen LogP contribution in [0.25, 0.3) is 0 Å². The lowest BCUT2D eigenvalue weighted by atomic mass is 9.91. The number of nitrogens with two attached hydrogens (primary N) is 1. The van der Waals surface area contributed by atoms with E-state index in [0.717, 1.165) is 22.1 Å². The molecule has 2 heterocycles. The van der Waals surface area contributed by atoms with Gasteiger partial charge in [-0.1, -0.05) is 32.1 Å². The van der Waals surface area contributed by atoms with Gasteiger partial charge >= 0.3 is 0 Å². The maximum Gasteiger partial charge on any atom is 0.257 e. The number of aromatic nitrogens is 2. The van der Waals surface area contributed by atoms with Crippen LogP contribution in [0.1, 0.15) is 42.8 Å². The molecule has 0 saturated heterocycles. The van der Waals surface area contributed by atoms with Gasteiger partial charge in [-0.15, -0.1) is 11.8 Å². The van der Waals surface area contributed by atoms with Crippen LogP contribution in [0.3, 0.4) is 0 Å². The van der Waals surface area contributed by atoms with Crippen molar-refractivity contribution in [3.05, 3.63) is 53.9 Å². The Morgan fingerprint density at radius 3 is 2.60 bits per heavy atom. The van der Waals surface area contributed by atoms with E-state index >= 15 is 0 Å². The molecule has 0 radical (unpaired) electrons. The van der Waals surface area contributed by atoms with E-state index in [0.29, 0.717) is 22.3 Å². The summed E-state index contributed by atoms with van der Waals surface area (Å²) in [6, 6.07) is 6.86. The van der Waals surface area contributed by atoms with Crippen LogP contribution in [0.2, 0.25) is 0 Å². The summed E-state index contributed by atoms with van der Waals surface area (Å²) in [6.45, 7) is 6.49. The minimum Gasteiger partial charge on any atom is -0.445 e. The van der Waals surface area contributed by atoms with Crippen LogP contribution in [-0.2, 0) is 12.2 Å². The van der Waals surface area contributed by atoms with Crippen molar-refractivity contribution in [2.75, 3.05) is 10.6 Å². The minimum absolute atomic E-state index is 0.155. The lowest BCUT2D eigenvalue weighted by Crippen LogP contribution is -2.19. The van der Waals surface area contributed by atoms with E-state index in [1.54, 1.807) is 48.4 Å². The van der Waals surface area contributed by atoms with Crippen molar-refractivity contribution in [3.8, 4) is 0 Å². The molecule has 0 saturated carbocycles. The van der Waals surface area contributed by atoms with E-state index in [1.165, 1.54) is 11.3 Å². The zero-order chi connectivity index (χ0) is 21.7. The van der Waals surface area contributed by atoms with Gasteiger partial charge in [-0.2, -0.15) is 0 Å². The monoisotopic (exact) mass is 461 g/mol. The largest absolute Gasteiger partial charge is 0.445 e. The molecule has 3 aromatic rings. The summed E-state index contributed by atoms with van der Waals surface area (Å²) >= 11 is 7.77. The Morgan fingerprint density at radius 2 is 1.93 bits per heavy atom. The van der Waals surface area contributed by atoms with Crippen molar-refractivity contribution >= 4 is 57.2 Å². The van der Waals surface area contributed by atoms with Crippen LogP contribution in [-0.4, -0.2) is 21.0 Å². The lowest BCUT2D eigenvalue weighted by molar-refractivity contribution is 0.102. The van der Waals surface area contributed by atoms with Gasteiger partial charge in [0, 0.05) is 17.7 Å². The number of rotatable bonds is 7. The molecule has 7 nitrogen and oxygen atoms in total. The first-order valence-corrected chi connectivity index (χ1v) is 11.4. The molecule has 1 amide bonds. The minimum atomic E-state index is -0.234. The number of hydrogen-bond acceptors (Lipinski definition) is 7. The van der Waals surface area contributed by atoms with Gasteiger partial charge in [0.25, 0.3) is 5.91 Å². The number of nitrogens with one attached hydrogen (secondary N) is 2. The van der Waals surface area contributed by atoms with Crippen molar-refractivity contribution in [2.45, 2.75) is 37.2 Å². The summed E-state index contributed by atoms with van der Waals surface area (Å²) < 4.78 is 6.78. The normalized spacial score (nSPS) is 11.3. The van der Waals surface area contributed by atoms with E-state index in [4.69, 9.17) is 22.4 Å². The van der Waals surface area contributed by atoms with Gasteiger partial charge in [-0.05, 0) is 41.9 Å². The summed E-state index contributed by atoms with van der Waals surface area (Å²) in [4.78, 5) is 21.0. The van der Waals surface area contributed by atoms with E-state index < -0.39 is 0 Å². The van der Waals surface area contributed by atoms with Crippen molar-refractivity contribution in [2.24, 2.45) is 11.1 Å². The Morgan fingerprint density at radius 1 is 1.20 bits per heavy atom. The van der Waals surface area contributed by atoms with Gasteiger partial charge < -0.3 is 15.5 Å². The standard InChI is InChI=1S/C20H23N5O2S3/c1-20(2,3)8-14-9-22-15(27-14)11-29-16-10-23-19(30-16)25-17(26)12-4-6-13(7-5-12)24-18(21)28/h4-7,9-10H,8,11H2,1-3H3,(H3,21,24,28)(H,23,25,26). The van der Waals surface area contributed by atoms with Crippen molar-refractivity contribution in [1.29, 1.82) is 0 Å². The number of carbonyl (C=O) groups excluding carboxylic acids is 1. The number of benzene rings is 1. The molecule has 1 aromatic carbocycles. The average Bonchev–Trinajstić information content (AvgIpc) is 3.28. The molecule has 0 atom stereocenters. The second-order valence-electron chi connectivity index (χ2n) is 7.75. The Kier molecular flexibility index (Phi) is 7.11. The van der Waals surface area contributed by atoms with Crippen molar-refractivity contribution in [1.82, 2.24) is 9.97 Å². The molecule has 2 aromatic heterocycles. The smallest absolute Gasteiger partial charge is 0.257 e. The van der Waals surface area contributed by atoms with Gasteiger partial charge in [-0.3, -0.25) is 10.1 Å². The van der Waals surface area contributed by atoms with Gasteiger partial charge in [0.05, 0.1) is 22.4 Å². The molecule has 0 unspecified atom stereocenters. The van der Waals surface area contributed by atoms with Crippen LogP contribution in [0, 0.1) is 5.41 Å². The Balaban J connectivity index is 1.52. The zero-order valence-corrected chi connectivity index (χ0v) is 19.3. The van der Waals surface area contributed by atoms with Gasteiger partial charge in [0.15, 0.2) is 10.2 Å². The highest BCUT2D eigenvalue weighted by Crippen LogP contribution is 2.31. The van der Waals surface area contributed by atoms with Crippen LogP contribution in [0.15, 0.2) is 45.3 Å². The summed E-state index contributed by atoms with van der Waals surface area (Å²) in [5, 5.41) is 6.34. The predicted octanol–water partition coefficient (Wildman–Crippen LogP) is 4.92. The van der Waals surface area contributed by atoms with Crippen LogP contribution < -0.4 is 16.4 Å². The summed E-state index contributed by atoms with van der Waals surface area (Å²) in [7, 11) is 0. The fraction of sp³-hybridized carbons (Fsp3) is 0.300. The Bertz CT molecular complexity index is 1020. The lowest BCUT2D eigenvalue weighted by Gasteiger charge is -2.15. The maximum atomic E-state index is 12.4. The first-order valence-electron chi connectivity index (χ1n) is 9.18. The molecular formula is C20H23N5O2S3. The molecule has 4 N–H and O–H groups in total. The molecule has 30 heavy (non-hydrogen) atoms. The van der Waals surface area contributed by atoms with Crippen LogP contribution in [0.4, 0.5) is 10.8 Å². The number of anilines is 2. The summed E-state index contributed by atoms with van der Waals surface area (Å²) in [5.41, 5.74) is 6.83. The van der Waals surface area contributed by atoms with E-state index in [1.807, 2.05) is 0 Å². The van der Waals surface area contributed by atoms with Crippen LogP contribution in [0.5, 0.6) is 0 Å². The molecule has 3 rings (SSSR count). The molecule has 0 aliphatic rings. The Hall–Kier alpha value is -2.43. The quantitative estimate of drug-likeness (QED) is 0.336. The molecule has 10 heteroatoms. The highest BCUT2D eigenvalue weighted by molar-refractivity contribution is 8.00. The maximum absolute atomic E-state index is 12.4. The van der Waals surface area contributed by atoms with Gasteiger partial charge in [0.2, 0.25) is 5.89 Å². The number of nitrogens with zero attached hydrogens (tertiary/aromatic N) is 2. The number of thiazole rings is 1. The van der Waals surface area contributed by atoms with E-state index in [-0.39, 0.29) is 16.4 Å². The molecule has 0 bridgehead atoms. The number of thiocarbonyl (C=S) groups is 1. The molecule has 158 valence electrons. The van der Waals surface area contributed by atoms with Crippen LogP contribution >= 0.6 is 35.3 Å². The summed E-state index contributed by atoms with van der Waals surface area (Å²) in [5.74, 6) is 1.95. The van der Waals surface area contributed by atoms with Gasteiger partial charge in [0.1, 0.15) is 5.76 Å². The first kappa shape index (κ1) is 22.3. The summed E-state index contributed by atoms with van der Waals surface area (Å²) in [6.07, 6.45) is 4.37. The number of hydrogen-bond donors (Lipinski definition) is 3. The molecule has 0 fully saturated rings. The van der Waals surface area contributed by atoms with E-state index in [2.05, 4.69) is 41.4 Å². The second-order valence-corrected chi connectivity index (χ2v) is 10.5. The molecular weight excluding hydrogens is 438 g/mol. The topological polar surface area (TPSA) is 106 Å². The van der Waals surface area contributed by atoms with Gasteiger partial charge in [-0.25, -0.2) is 9.97 Å². The van der Waals surface area contributed by atoms with E-state index in [9.17, 15) is 4.79 Å². The third-order valence-electron chi connectivity index (χ3n) is 3.76. The molecule has 0 aliphatic carbocycles. The number of amides is 1. The first-order chi connectivity index (χ1) is 14.2.